The normalized spacial score (nSPS) is 9.33. The number of hydrogen-bond donors (Lipinski definition) is 0. The minimum Gasteiger partial charge on any atom is -0.302 e. The second kappa shape index (κ2) is 4.43. The van der Waals surface area contributed by atoms with Gasteiger partial charge in [0.1, 0.15) is 6.29 Å². The van der Waals surface area contributed by atoms with Crippen molar-refractivity contribution in [1.29, 1.82) is 0 Å². The summed E-state index contributed by atoms with van der Waals surface area (Å²) in [4.78, 5) is 10.2. The highest BCUT2D eigenvalue weighted by Crippen LogP contribution is 2.17. The summed E-state index contributed by atoms with van der Waals surface area (Å²) in [6, 6.07) is 14.1. The minimum atomic E-state index is 0.295. The number of rotatable bonds is 1. The number of fused-ring (bicyclic) bond motifs is 1. The number of aldehydes is 1. The highest BCUT2D eigenvalue weighted by molar-refractivity contribution is 5.88. The van der Waals surface area contributed by atoms with Crippen molar-refractivity contribution >= 4 is 17.1 Å². The molecule has 0 N–H and O–H groups in total. The maximum absolute atomic E-state index is 10.2. The number of carbonyl (C=O) groups excluding carboxylic acids is 1. The molecule has 2 rings (SSSR count). The molecule has 15 heavy (non-hydrogen) atoms. The molecule has 1 nitrogen and oxygen atoms in total. The van der Waals surface area contributed by atoms with Gasteiger partial charge in [-0.15, -0.1) is 0 Å². The van der Waals surface area contributed by atoms with E-state index in [0.717, 1.165) is 17.2 Å². The van der Waals surface area contributed by atoms with Crippen LogP contribution in [0.2, 0.25) is 0 Å². The van der Waals surface area contributed by atoms with E-state index >= 15 is 0 Å². The molecule has 0 aliphatic heterocycles. The van der Waals surface area contributed by atoms with Gasteiger partial charge in [0, 0.05) is 5.56 Å². The van der Waals surface area contributed by atoms with Crippen LogP contribution in [0.3, 0.4) is 0 Å². The molecule has 0 saturated heterocycles. The average Bonchev–Trinajstić information content (AvgIpc) is 2.30. The molecule has 0 bridgehead atoms. The third-order valence-electron chi connectivity index (χ3n) is 2.20. The molecule has 0 heterocycles. The van der Waals surface area contributed by atoms with Crippen LogP contribution in [0, 0.1) is 11.8 Å². The second-order valence-corrected chi connectivity index (χ2v) is 3.20. The van der Waals surface area contributed by atoms with Crippen molar-refractivity contribution in [2.45, 2.75) is 6.42 Å². The van der Waals surface area contributed by atoms with Crippen LogP contribution >= 0.6 is 0 Å². The number of carbonyl (C=O) groups is 1. The lowest BCUT2D eigenvalue weighted by Gasteiger charge is -1.98. The van der Waals surface area contributed by atoms with E-state index in [1.807, 2.05) is 30.3 Å². The van der Waals surface area contributed by atoms with Crippen molar-refractivity contribution in [1.82, 2.24) is 0 Å². The van der Waals surface area contributed by atoms with Gasteiger partial charge in [0.15, 0.2) is 0 Å². The van der Waals surface area contributed by atoms with Crippen molar-refractivity contribution in [3.05, 3.63) is 48.0 Å². The maximum atomic E-state index is 10.2. The van der Waals surface area contributed by atoms with Gasteiger partial charge in [-0.3, -0.25) is 0 Å². The van der Waals surface area contributed by atoms with Gasteiger partial charge in [-0.2, -0.15) is 0 Å². The Balaban J connectivity index is 2.52. The quantitative estimate of drug-likeness (QED) is 0.504. The average molecular weight is 194 g/mol. The number of benzene rings is 2. The summed E-state index contributed by atoms with van der Waals surface area (Å²) in [6.07, 6.45) is 1.11. The van der Waals surface area contributed by atoms with Gasteiger partial charge in [0.25, 0.3) is 0 Å². The molecule has 0 aromatic heterocycles. The molecule has 0 aliphatic rings. The molecule has 0 amide bonds. The fraction of sp³-hybridized carbons (Fsp3) is 0.0714. The molecule has 2 aromatic carbocycles. The topological polar surface area (TPSA) is 17.1 Å². The molecule has 0 radical (unpaired) electrons. The van der Waals surface area contributed by atoms with Crippen molar-refractivity contribution in [3.63, 3.8) is 0 Å². The molecule has 2 aromatic rings. The van der Waals surface area contributed by atoms with E-state index in [4.69, 9.17) is 0 Å². The first-order valence-corrected chi connectivity index (χ1v) is 4.82. The molecule has 0 atom stereocenters. The molecule has 0 fully saturated rings. The van der Waals surface area contributed by atoms with Gasteiger partial charge in [0.05, 0.1) is 6.42 Å². The van der Waals surface area contributed by atoms with Crippen LogP contribution in [0.25, 0.3) is 10.8 Å². The Morgan fingerprint density at radius 2 is 1.87 bits per heavy atom. The lowest BCUT2D eigenvalue weighted by molar-refractivity contribution is -0.107. The monoisotopic (exact) mass is 194 g/mol. The standard InChI is InChI=1S/C14H10O/c15-11-4-3-7-13-9-5-8-12-6-1-2-10-14(12)13/h1-2,5-6,8-11H,4H2. The van der Waals surface area contributed by atoms with Crippen molar-refractivity contribution in [3.8, 4) is 11.8 Å². The Hall–Kier alpha value is -2.07. The first-order chi connectivity index (χ1) is 7.42. The Morgan fingerprint density at radius 3 is 2.73 bits per heavy atom. The van der Waals surface area contributed by atoms with Gasteiger partial charge in [-0.1, -0.05) is 48.2 Å². The Morgan fingerprint density at radius 1 is 1.07 bits per heavy atom. The Labute approximate surface area is 88.7 Å². The lowest BCUT2D eigenvalue weighted by atomic mass is 10.1. The van der Waals surface area contributed by atoms with Crippen molar-refractivity contribution < 1.29 is 4.79 Å². The summed E-state index contributed by atoms with van der Waals surface area (Å²) in [5.41, 5.74) is 0.981. The third-order valence-corrected chi connectivity index (χ3v) is 2.20. The van der Waals surface area contributed by atoms with E-state index in [1.165, 1.54) is 5.39 Å². The zero-order chi connectivity index (χ0) is 10.5. The van der Waals surface area contributed by atoms with E-state index in [1.54, 1.807) is 0 Å². The maximum Gasteiger partial charge on any atom is 0.131 e. The molecule has 1 heteroatoms. The second-order valence-electron chi connectivity index (χ2n) is 3.20. The SMILES string of the molecule is O=CCC#Cc1cccc2ccccc12. The lowest BCUT2D eigenvalue weighted by Crippen LogP contribution is -1.79. The van der Waals surface area contributed by atoms with Crippen LogP contribution in [-0.4, -0.2) is 6.29 Å². The summed E-state index contributed by atoms with van der Waals surface area (Å²) in [7, 11) is 0. The van der Waals surface area contributed by atoms with Gasteiger partial charge >= 0.3 is 0 Å². The smallest absolute Gasteiger partial charge is 0.131 e. The minimum absolute atomic E-state index is 0.295. The Bertz CT molecular complexity index is 539. The predicted octanol–water partition coefficient (Wildman–Crippen LogP) is 2.78. The van der Waals surface area contributed by atoms with Crippen LogP contribution in [-0.2, 0) is 4.79 Å². The molecular formula is C14H10O. The molecule has 72 valence electrons. The zero-order valence-electron chi connectivity index (χ0n) is 8.23. The van der Waals surface area contributed by atoms with Gasteiger partial charge in [-0.05, 0) is 16.8 Å². The summed E-state index contributed by atoms with van der Waals surface area (Å²) in [6.45, 7) is 0. The fourth-order valence-electron chi connectivity index (χ4n) is 1.52. The van der Waals surface area contributed by atoms with Gasteiger partial charge in [0.2, 0.25) is 0 Å². The molecule has 0 aliphatic carbocycles. The fourth-order valence-corrected chi connectivity index (χ4v) is 1.52. The largest absolute Gasteiger partial charge is 0.302 e. The highest BCUT2D eigenvalue weighted by atomic mass is 16.1. The molecular weight excluding hydrogens is 184 g/mol. The van der Waals surface area contributed by atoms with Crippen molar-refractivity contribution in [2.75, 3.05) is 0 Å². The zero-order valence-corrected chi connectivity index (χ0v) is 8.23. The van der Waals surface area contributed by atoms with Crippen LogP contribution in [0.1, 0.15) is 12.0 Å². The summed E-state index contributed by atoms with van der Waals surface area (Å²) < 4.78 is 0. The molecule has 0 unspecified atom stereocenters. The number of hydrogen-bond acceptors (Lipinski definition) is 1. The molecule has 0 saturated carbocycles. The summed E-state index contributed by atoms with van der Waals surface area (Å²) in [5.74, 6) is 5.83. The van der Waals surface area contributed by atoms with Crippen LogP contribution in [0.4, 0.5) is 0 Å². The van der Waals surface area contributed by atoms with E-state index in [2.05, 4.69) is 24.0 Å². The van der Waals surface area contributed by atoms with Crippen LogP contribution < -0.4 is 0 Å². The van der Waals surface area contributed by atoms with E-state index in [9.17, 15) is 4.79 Å². The first kappa shape index (κ1) is 9.48. The van der Waals surface area contributed by atoms with Crippen LogP contribution in [0.5, 0.6) is 0 Å². The van der Waals surface area contributed by atoms with Gasteiger partial charge in [-0.25, -0.2) is 0 Å². The Kier molecular flexibility index (Phi) is 2.80. The third kappa shape index (κ3) is 2.05. The van der Waals surface area contributed by atoms with E-state index in [-0.39, 0.29) is 0 Å². The van der Waals surface area contributed by atoms with Crippen molar-refractivity contribution in [2.24, 2.45) is 0 Å². The molecule has 0 spiro atoms. The predicted molar refractivity (Wildman–Crippen MR) is 61.5 cm³/mol. The summed E-state index contributed by atoms with van der Waals surface area (Å²) in [5, 5.41) is 2.31. The van der Waals surface area contributed by atoms with E-state index in [0.29, 0.717) is 6.42 Å². The van der Waals surface area contributed by atoms with Crippen LogP contribution in [0.15, 0.2) is 42.5 Å². The van der Waals surface area contributed by atoms with E-state index < -0.39 is 0 Å². The first-order valence-electron chi connectivity index (χ1n) is 4.82. The van der Waals surface area contributed by atoms with Gasteiger partial charge < -0.3 is 4.79 Å². The highest BCUT2D eigenvalue weighted by Gasteiger charge is 1.95. The summed E-state index contributed by atoms with van der Waals surface area (Å²) >= 11 is 0.